The summed E-state index contributed by atoms with van der Waals surface area (Å²) in [7, 11) is 1.74. The summed E-state index contributed by atoms with van der Waals surface area (Å²) in [5.41, 5.74) is -0.512. The average Bonchev–Trinajstić information content (AvgIpc) is 3.16. The van der Waals surface area contributed by atoms with Gasteiger partial charge in [-0.25, -0.2) is 27.1 Å². The van der Waals surface area contributed by atoms with Crippen LogP contribution < -0.4 is 5.32 Å². The van der Waals surface area contributed by atoms with Crippen LogP contribution in [0.5, 0.6) is 0 Å². The lowest BCUT2D eigenvalue weighted by Gasteiger charge is -2.11. The van der Waals surface area contributed by atoms with E-state index in [0.717, 1.165) is 17.3 Å². The summed E-state index contributed by atoms with van der Waals surface area (Å²) >= 11 is 0. The topological polar surface area (TPSA) is 77.1 Å². The van der Waals surface area contributed by atoms with Crippen molar-refractivity contribution in [3.05, 3.63) is 46.7 Å². The molecule has 3 heterocycles. The normalized spacial score (nSPS) is 12.9. The third-order valence-corrected chi connectivity index (χ3v) is 4.02. The molecule has 0 radical (unpaired) electrons. The summed E-state index contributed by atoms with van der Waals surface area (Å²) in [6.07, 6.45) is -4.33. The maximum absolute atomic E-state index is 13.2. The van der Waals surface area contributed by atoms with Gasteiger partial charge in [0.2, 0.25) is 0 Å². The van der Waals surface area contributed by atoms with Crippen molar-refractivity contribution in [3.63, 3.8) is 0 Å². The van der Waals surface area contributed by atoms with Crippen LogP contribution in [0.1, 0.15) is 59.0 Å². The number of nitrogens with one attached hydrogen (secondary N) is 1. The molecule has 3 aromatic rings. The van der Waals surface area contributed by atoms with E-state index in [9.17, 15) is 22.4 Å². The van der Waals surface area contributed by atoms with Gasteiger partial charge in [0, 0.05) is 24.9 Å². The molecule has 144 valence electrons. The smallest absolute Gasteiger partial charge is 0.280 e. The van der Waals surface area contributed by atoms with Crippen LogP contribution >= 0.6 is 0 Å². The molecular formula is C16H16F4N6O. The molecule has 1 amide bonds. The second-order valence-corrected chi connectivity index (χ2v) is 6.05. The van der Waals surface area contributed by atoms with Crippen LogP contribution in [-0.2, 0) is 7.05 Å². The number of carbonyl (C=O) groups excluding carboxylic acids is 1. The van der Waals surface area contributed by atoms with E-state index in [4.69, 9.17) is 0 Å². The average molecular weight is 384 g/mol. The van der Waals surface area contributed by atoms with Gasteiger partial charge in [-0.1, -0.05) is 0 Å². The third-order valence-electron chi connectivity index (χ3n) is 4.02. The quantitative estimate of drug-likeness (QED) is 0.686. The zero-order chi connectivity index (χ0) is 19.9. The van der Waals surface area contributed by atoms with Gasteiger partial charge in [-0.15, -0.1) is 0 Å². The predicted molar refractivity (Wildman–Crippen MR) is 86.7 cm³/mol. The van der Waals surface area contributed by atoms with E-state index < -0.39 is 36.2 Å². The molecule has 0 aliphatic carbocycles. The number of carbonyl (C=O) groups is 1. The first kappa shape index (κ1) is 18.8. The van der Waals surface area contributed by atoms with Crippen LogP contribution in [0.4, 0.5) is 17.6 Å². The number of hydrogen-bond acceptors (Lipinski definition) is 4. The molecule has 0 saturated carbocycles. The molecule has 27 heavy (non-hydrogen) atoms. The van der Waals surface area contributed by atoms with Gasteiger partial charge in [0.05, 0.1) is 11.7 Å². The van der Waals surface area contributed by atoms with Gasteiger partial charge in [0.1, 0.15) is 11.4 Å². The van der Waals surface area contributed by atoms with Crippen LogP contribution in [0, 0.1) is 6.92 Å². The molecule has 0 spiro atoms. The Morgan fingerprint density at radius 3 is 2.41 bits per heavy atom. The Balaban J connectivity index is 1.93. The van der Waals surface area contributed by atoms with Gasteiger partial charge >= 0.3 is 0 Å². The second-order valence-electron chi connectivity index (χ2n) is 6.05. The standard InChI is InChI=1S/C16H16F4N6O/c1-7(9-6-25(3)23-8(9)2)21-16(27)11-5-13-22-10(14(17)18)4-12(15(19)20)26(13)24-11/h4-7,14-15H,1-3H3,(H,21,27). The number of amides is 1. The Labute approximate surface area is 151 Å². The van der Waals surface area contributed by atoms with Crippen LogP contribution in [-0.4, -0.2) is 30.3 Å². The number of aryl methyl sites for hydroxylation is 2. The molecule has 0 aromatic carbocycles. The molecule has 3 rings (SSSR count). The molecule has 0 aliphatic rings. The fourth-order valence-electron chi connectivity index (χ4n) is 2.79. The first-order chi connectivity index (χ1) is 12.7. The van der Waals surface area contributed by atoms with Crippen molar-refractivity contribution in [2.75, 3.05) is 0 Å². The maximum Gasteiger partial charge on any atom is 0.280 e. The first-order valence-corrected chi connectivity index (χ1v) is 7.95. The number of nitrogens with zero attached hydrogens (tertiary/aromatic N) is 5. The van der Waals surface area contributed by atoms with E-state index in [1.54, 1.807) is 31.8 Å². The summed E-state index contributed by atoms with van der Waals surface area (Å²) in [5, 5.41) is 10.7. The van der Waals surface area contributed by atoms with Gasteiger partial charge in [-0.05, 0) is 19.9 Å². The van der Waals surface area contributed by atoms with E-state index in [1.165, 1.54) is 0 Å². The van der Waals surface area contributed by atoms with Crippen LogP contribution in [0.3, 0.4) is 0 Å². The Morgan fingerprint density at radius 2 is 1.85 bits per heavy atom. The lowest BCUT2D eigenvalue weighted by atomic mass is 10.1. The van der Waals surface area contributed by atoms with Crippen molar-refractivity contribution in [1.82, 2.24) is 29.7 Å². The van der Waals surface area contributed by atoms with Gasteiger partial charge in [-0.2, -0.15) is 10.2 Å². The molecule has 1 N–H and O–H groups in total. The van der Waals surface area contributed by atoms with Crippen molar-refractivity contribution in [1.29, 1.82) is 0 Å². The van der Waals surface area contributed by atoms with Crippen molar-refractivity contribution in [3.8, 4) is 0 Å². The molecule has 0 aliphatic heterocycles. The molecule has 3 aromatic heterocycles. The van der Waals surface area contributed by atoms with Crippen LogP contribution in [0.15, 0.2) is 18.3 Å². The minimum atomic E-state index is -3.05. The van der Waals surface area contributed by atoms with E-state index in [1.807, 2.05) is 0 Å². The highest BCUT2D eigenvalue weighted by Crippen LogP contribution is 2.25. The monoisotopic (exact) mass is 384 g/mol. The first-order valence-electron chi connectivity index (χ1n) is 7.95. The Hall–Kier alpha value is -2.98. The fraction of sp³-hybridized carbons (Fsp3) is 0.375. The Morgan fingerprint density at radius 1 is 1.15 bits per heavy atom. The Kier molecular flexibility index (Phi) is 4.85. The summed E-state index contributed by atoms with van der Waals surface area (Å²) in [6, 6.07) is 1.25. The molecule has 0 bridgehead atoms. The zero-order valence-corrected chi connectivity index (χ0v) is 14.6. The molecule has 11 heteroatoms. The lowest BCUT2D eigenvalue weighted by Crippen LogP contribution is -2.27. The Bertz CT molecular complexity index is 996. The van der Waals surface area contributed by atoms with Gasteiger partial charge < -0.3 is 5.32 Å². The van der Waals surface area contributed by atoms with Crippen molar-refractivity contribution in [2.24, 2.45) is 7.05 Å². The lowest BCUT2D eigenvalue weighted by molar-refractivity contribution is 0.0933. The fourth-order valence-corrected chi connectivity index (χ4v) is 2.79. The van der Waals surface area contributed by atoms with Crippen molar-refractivity contribution >= 4 is 11.6 Å². The zero-order valence-electron chi connectivity index (χ0n) is 14.6. The number of aromatic nitrogens is 5. The van der Waals surface area contributed by atoms with E-state index in [2.05, 4.69) is 20.5 Å². The number of fused-ring (bicyclic) bond motifs is 1. The van der Waals surface area contributed by atoms with Crippen LogP contribution in [0.2, 0.25) is 0 Å². The summed E-state index contributed by atoms with van der Waals surface area (Å²) in [4.78, 5) is 16.0. The minimum Gasteiger partial charge on any atom is -0.344 e. The number of halogens is 4. The molecule has 0 saturated heterocycles. The van der Waals surface area contributed by atoms with Gasteiger partial charge in [-0.3, -0.25) is 9.48 Å². The van der Waals surface area contributed by atoms with Crippen LogP contribution in [0.25, 0.3) is 5.65 Å². The highest BCUT2D eigenvalue weighted by Gasteiger charge is 2.23. The largest absolute Gasteiger partial charge is 0.344 e. The molecular weight excluding hydrogens is 368 g/mol. The van der Waals surface area contributed by atoms with Gasteiger partial charge in [0.15, 0.2) is 11.3 Å². The number of rotatable bonds is 5. The summed E-state index contributed by atoms with van der Waals surface area (Å²) in [5.74, 6) is -0.643. The summed E-state index contributed by atoms with van der Waals surface area (Å²) in [6.45, 7) is 3.52. The molecule has 0 fully saturated rings. The molecule has 1 unspecified atom stereocenters. The number of alkyl halides is 4. The van der Waals surface area contributed by atoms with Crippen molar-refractivity contribution < 1.29 is 22.4 Å². The van der Waals surface area contributed by atoms with Crippen molar-refractivity contribution in [2.45, 2.75) is 32.7 Å². The molecule has 1 atom stereocenters. The highest BCUT2D eigenvalue weighted by molar-refractivity contribution is 5.93. The van der Waals surface area contributed by atoms with E-state index >= 15 is 0 Å². The molecule has 7 nitrogen and oxygen atoms in total. The number of hydrogen-bond donors (Lipinski definition) is 1. The highest BCUT2D eigenvalue weighted by atomic mass is 19.3. The van der Waals surface area contributed by atoms with E-state index in [-0.39, 0.29) is 11.3 Å². The van der Waals surface area contributed by atoms with E-state index in [0.29, 0.717) is 10.6 Å². The minimum absolute atomic E-state index is 0.204. The second kappa shape index (κ2) is 6.97. The third kappa shape index (κ3) is 3.62. The summed E-state index contributed by atoms with van der Waals surface area (Å²) < 4.78 is 54.4. The predicted octanol–water partition coefficient (Wildman–Crippen LogP) is 3.14. The maximum atomic E-state index is 13.2. The van der Waals surface area contributed by atoms with Gasteiger partial charge in [0.25, 0.3) is 18.8 Å². The SMILES string of the molecule is Cc1nn(C)cc1C(C)NC(=O)c1cc2nc(C(F)F)cc(C(F)F)n2n1.